The predicted octanol–water partition coefficient (Wildman–Crippen LogP) is 3.84. The van der Waals surface area contributed by atoms with Crippen molar-refractivity contribution < 1.29 is 5.11 Å². The molecule has 0 aliphatic heterocycles. The van der Waals surface area contributed by atoms with Crippen molar-refractivity contribution in [3.8, 4) is 5.69 Å². The second kappa shape index (κ2) is 6.57. The topological polar surface area (TPSA) is 83.8 Å². The van der Waals surface area contributed by atoms with Crippen LogP contribution in [0.25, 0.3) is 16.7 Å². The Balaban J connectivity index is 2.43. The Hall–Kier alpha value is -1.25. The summed E-state index contributed by atoms with van der Waals surface area (Å²) in [7, 11) is 0. The minimum atomic E-state index is -0.945. The number of halogens is 3. The van der Waals surface area contributed by atoms with E-state index >= 15 is 0 Å². The number of aliphatic hydroxyl groups is 1. The summed E-state index contributed by atoms with van der Waals surface area (Å²) in [5.41, 5.74) is 0.223. The lowest BCUT2D eigenvalue weighted by molar-refractivity contribution is 0.189. The molecule has 6 nitrogen and oxygen atoms in total. The molecule has 0 radical (unpaired) electrons. The monoisotopic (exact) mass is 404 g/mol. The molecular formula is C14H11Cl3N4O2S. The fourth-order valence-corrected chi connectivity index (χ4v) is 3.77. The van der Waals surface area contributed by atoms with E-state index in [9.17, 15) is 9.90 Å². The molecular weight excluding hydrogens is 395 g/mol. The highest BCUT2D eigenvalue weighted by atomic mass is 35.5. The molecule has 2 N–H and O–H groups in total. The van der Waals surface area contributed by atoms with Crippen molar-refractivity contribution in [2.24, 2.45) is 0 Å². The first-order chi connectivity index (χ1) is 11.3. The van der Waals surface area contributed by atoms with Crippen LogP contribution in [0.3, 0.4) is 0 Å². The third kappa shape index (κ3) is 2.91. The molecule has 0 bridgehead atoms. The number of benzene rings is 1. The molecule has 1 unspecified atom stereocenters. The molecule has 0 spiro atoms. The van der Waals surface area contributed by atoms with Gasteiger partial charge in [-0.25, -0.2) is 9.67 Å². The lowest BCUT2D eigenvalue weighted by atomic mass is 10.3. The fourth-order valence-electron chi connectivity index (χ4n) is 2.25. The third-order valence-corrected chi connectivity index (χ3v) is 4.77. The highest BCUT2D eigenvalue weighted by Gasteiger charge is 2.21. The van der Waals surface area contributed by atoms with Crippen molar-refractivity contribution in [3.05, 3.63) is 43.4 Å². The van der Waals surface area contributed by atoms with Crippen molar-refractivity contribution in [2.75, 3.05) is 6.26 Å². The quantitative estimate of drug-likeness (QED) is 0.647. The van der Waals surface area contributed by atoms with Gasteiger partial charge in [-0.05, 0) is 25.3 Å². The van der Waals surface area contributed by atoms with Gasteiger partial charge in [-0.3, -0.25) is 4.79 Å². The molecule has 0 fully saturated rings. The van der Waals surface area contributed by atoms with Gasteiger partial charge >= 0.3 is 0 Å². The van der Waals surface area contributed by atoms with Gasteiger partial charge in [-0.1, -0.05) is 34.8 Å². The number of aliphatic hydroxyl groups excluding tert-OH is 1. The van der Waals surface area contributed by atoms with Crippen LogP contribution in [0.1, 0.15) is 18.9 Å². The summed E-state index contributed by atoms with van der Waals surface area (Å²) < 4.78 is 1.39. The molecule has 0 aliphatic carbocycles. The van der Waals surface area contributed by atoms with E-state index < -0.39 is 11.7 Å². The van der Waals surface area contributed by atoms with Gasteiger partial charge in [0, 0.05) is 5.02 Å². The first-order valence-electron chi connectivity index (χ1n) is 6.73. The number of hydrogen-bond acceptors (Lipinski definition) is 5. The second-order valence-corrected chi connectivity index (χ2v) is 7.01. The fraction of sp³-hybridized carbons (Fsp3) is 0.214. The van der Waals surface area contributed by atoms with Crippen LogP contribution < -0.4 is 5.56 Å². The largest absolute Gasteiger partial charge is 0.385 e. The van der Waals surface area contributed by atoms with Gasteiger partial charge in [0.1, 0.15) is 28.0 Å². The molecule has 3 aromatic rings. The molecule has 1 atom stereocenters. The molecule has 10 heteroatoms. The highest BCUT2D eigenvalue weighted by molar-refractivity contribution is 7.98. The smallest absolute Gasteiger partial charge is 0.263 e. The molecule has 126 valence electrons. The number of fused-ring (bicyclic) bond motifs is 1. The van der Waals surface area contributed by atoms with Crippen molar-refractivity contribution in [1.29, 1.82) is 0 Å². The SMILES string of the molecule is CSc1nn(-c2c(Cl)cc(Cl)cc2Cl)c2nc(C(C)O)[nH]c(=O)c12. The Morgan fingerprint density at radius 1 is 1.29 bits per heavy atom. The Morgan fingerprint density at radius 2 is 1.92 bits per heavy atom. The number of H-pyrrole nitrogens is 1. The molecule has 24 heavy (non-hydrogen) atoms. The van der Waals surface area contributed by atoms with E-state index in [1.807, 2.05) is 0 Å². The van der Waals surface area contributed by atoms with E-state index in [0.717, 1.165) is 0 Å². The van der Waals surface area contributed by atoms with Crippen LogP contribution in [0, 0.1) is 0 Å². The van der Waals surface area contributed by atoms with Gasteiger partial charge in [-0.15, -0.1) is 11.8 Å². The Labute approximate surface area is 155 Å². The summed E-state index contributed by atoms with van der Waals surface area (Å²) >= 11 is 19.8. The van der Waals surface area contributed by atoms with Gasteiger partial charge < -0.3 is 10.1 Å². The minimum Gasteiger partial charge on any atom is -0.385 e. The van der Waals surface area contributed by atoms with Gasteiger partial charge in [0.25, 0.3) is 5.56 Å². The summed E-state index contributed by atoms with van der Waals surface area (Å²) in [5.74, 6) is 0.127. The number of hydrogen-bond donors (Lipinski definition) is 2. The van der Waals surface area contributed by atoms with Crippen LogP contribution in [0.5, 0.6) is 0 Å². The van der Waals surface area contributed by atoms with Crippen molar-refractivity contribution in [2.45, 2.75) is 18.1 Å². The van der Waals surface area contributed by atoms with Crippen LogP contribution in [-0.4, -0.2) is 31.1 Å². The zero-order chi connectivity index (χ0) is 17.6. The number of aromatic nitrogens is 4. The molecule has 2 aromatic heterocycles. The summed E-state index contributed by atoms with van der Waals surface area (Å²) in [6.07, 6.45) is 0.846. The molecule has 3 rings (SSSR count). The normalized spacial score (nSPS) is 12.8. The first-order valence-corrected chi connectivity index (χ1v) is 9.09. The van der Waals surface area contributed by atoms with Crippen molar-refractivity contribution in [3.63, 3.8) is 0 Å². The maximum atomic E-state index is 12.4. The molecule has 2 heterocycles. The second-order valence-electron chi connectivity index (χ2n) is 4.96. The maximum Gasteiger partial charge on any atom is 0.263 e. The maximum absolute atomic E-state index is 12.4. The molecule has 0 amide bonds. The highest BCUT2D eigenvalue weighted by Crippen LogP contribution is 2.34. The zero-order valence-electron chi connectivity index (χ0n) is 12.5. The van der Waals surface area contributed by atoms with Crippen LogP contribution in [-0.2, 0) is 0 Å². The molecule has 1 aromatic carbocycles. The Kier molecular flexibility index (Phi) is 4.81. The van der Waals surface area contributed by atoms with Crippen LogP contribution >= 0.6 is 46.6 Å². The average Bonchev–Trinajstić information content (AvgIpc) is 2.85. The van der Waals surface area contributed by atoms with Gasteiger partial charge in [0.2, 0.25) is 0 Å². The molecule has 0 saturated heterocycles. The van der Waals surface area contributed by atoms with E-state index in [2.05, 4.69) is 15.1 Å². The number of rotatable bonds is 3. The lowest BCUT2D eigenvalue weighted by Crippen LogP contribution is -2.14. The Morgan fingerprint density at radius 3 is 2.46 bits per heavy atom. The van der Waals surface area contributed by atoms with E-state index in [-0.39, 0.29) is 21.5 Å². The average molecular weight is 406 g/mol. The van der Waals surface area contributed by atoms with Crippen molar-refractivity contribution >= 4 is 57.6 Å². The van der Waals surface area contributed by atoms with E-state index in [0.29, 0.717) is 21.1 Å². The van der Waals surface area contributed by atoms with Gasteiger partial charge in [0.05, 0.1) is 10.0 Å². The minimum absolute atomic E-state index is 0.127. The summed E-state index contributed by atoms with van der Waals surface area (Å²) in [6.45, 7) is 1.50. The van der Waals surface area contributed by atoms with Crippen molar-refractivity contribution in [1.82, 2.24) is 19.7 Å². The Bertz CT molecular complexity index is 977. The van der Waals surface area contributed by atoms with E-state index in [4.69, 9.17) is 34.8 Å². The predicted molar refractivity (Wildman–Crippen MR) is 96.9 cm³/mol. The summed E-state index contributed by atoms with van der Waals surface area (Å²) in [4.78, 5) is 19.3. The number of aromatic amines is 1. The third-order valence-electron chi connectivity index (χ3n) is 3.31. The van der Waals surface area contributed by atoms with Crippen LogP contribution in [0.15, 0.2) is 22.0 Å². The number of nitrogens with zero attached hydrogens (tertiary/aromatic N) is 3. The van der Waals surface area contributed by atoms with Crippen LogP contribution in [0.2, 0.25) is 15.1 Å². The van der Waals surface area contributed by atoms with Gasteiger partial charge in [0.15, 0.2) is 5.65 Å². The van der Waals surface area contributed by atoms with E-state index in [1.165, 1.54) is 35.5 Å². The first kappa shape index (κ1) is 17.6. The standard InChI is InChI=1S/C14H11Cl3N4O2S/c1-5(22)11-18-12-9(13(23)19-11)14(24-2)20-21(12)10-7(16)3-6(15)4-8(10)17/h3-5,22H,1-2H3,(H,18,19,23). The summed E-state index contributed by atoms with van der Waals surface area (Å²) in [6, 6.07) is 3.05. The number of thioether (sulfide) groups is 1. The van der Waals surface area contributed by atoms with Crippen LogP contribution in [0.4, 0.5) is 0 Å². The van der Waals surface area contributed by atoms with E-state index in [1.54, 1.807) is 6.26 Å². The summed E-state index contributed by atoms with van der Waals surface area (Å²) in [5, 5.41) is 15.8. The molecule has 0 aliphatic rings. The lowest BCUT2D eigenvalue weighted by Gasteiger charge is -2.09. The molecule has 0 saturated carbocycles. The zero-order valence-corrected chi connectivity index (χ0v) is 15.6. The number of nitrogens with one attached hydrogen (secondary N) is 1. The van der Waals surface area contributed by atoms with Gasteiger partial charge in [-0.2, -0.15) is 5.10 Å².